The highest BCUT2D eigenvalue weighted by Gasteiger charge is 2.20. The van der Waals surface area contributed by atoms with Gasteiger partial charge >= 0.3 is 0 Å². The molecule has 0 atom stereocenters. The van der Waals surface area contributed by atoms with E-state index in [9.17, 15) is 0 Å². The van der Waals surface area contributed by atoms with Crippen LogP contribution in [0.3, 0.4) is 0 Å². The molecule has 0 aliphatic heterocycles. The van der Waals surface area contributed by atoms with Gasteiger partial charge in [-0.3, -0.25) is 0 Å². The summed E-state index contributed by atoms with van der Waals surface area (Å²) in [6.07, 6.45) is 46.5. The molecule has 4 nitrogen and oxygen atoms in total. The van der Waals surface area contributed by atoms with Crippen molar-refractivity contribution in [2.24, 2.45) is 0 Å². The van der Waals surface area contributed by atoms with Crippen LogP contribution in [0.1, 0.15) is 194 Å². The highest BCUT2D eigenvalue weighted by Crippen LogP contribution is 2.44. The van der Waals surface area contributed by atoms with Gasteiger partial charge in [-0.25, -0.2) is 5.09 Å². The summed E-state index contributed by atoms with van der Waals surface area (Å²) in [5, 5.41) is 3.51. The summed E-state index contributed by atoms with van der Waals surface area (Å²) in [5.74, 6) is 0. The number of hydrogen-bond donors (Lipinski definition) is 1. The van der Waals surface area contributed by atoms with Crippen LogP contribution in [0.4, 0.5) is 0 Å². The molecule has 1 N–H and O–H groups in total. The van der Waals surface area contributed by atoms with Crippen molar-refractivity contribution in [2.45, 2.75) is 194 Å². The van der Waals surface area contributed by atoms with Crippen LogP contribution in [-0.4, -0.2) is 51.9 Å². The summed E-state index contributed by atoms with van der Waals surface area (Å²) < 4.78 is 13.4. The van der Waals surface area contributed by atoms with Crippen LogP contribution in [0, 0.1) is 0 Å². The van der Waals surface area contributed by atoms with E-state index in [1.165, 1.54) is 167 Å². The number of hydrogen-bond acceptors (Lipinski definition) is 3. The second-order valence-corrected chi connectivity index (χ2v) is 18.2. The molecule has 0 saturated heterocycles. The zero-order valence-electron chi connectivity index (χ0n) is 32.6. The number of unbranched alkanes of at least 4 members (excludes halogenated alkanes) is 24. The standard InChI is InChI=1S/C41H84N2O2PS/c1-6-8-10-12-14-16-18-20-22-24-26-28-30-32-34-36-40-44-46(47,42-38-39-43(3,4)5)45-41-37-35-33-31-29-27-25-23-21-19-17-15-13-11-9-7-2/h20-23H,6-19,24-41H2,1-5H3,(H,42,47)/q+1/b22-20-,23-21-. The maximum absolute atomic E-state index is 6.26. The molecule has 0 aliphatic carbocycles. The molecule has 0 spiro atoms. The van der Waals surface area contributed by atoms with Gasteiger partial charge in [0.15, 0.2) is 0 Å². The maximum atomic E-state index is 6.26. The Balaban J connectivity index is 3.91. The van der Waals surface area contributed by atoms with E-state index in [1.807, 2.05) is 0 Å². The van der Waals surface area contributed by atoms with Crippen LogP contribution in [0.15, 0.2) is 24.3 Å². The smallest absolute Gasteiger partial charge is 0.261 e. The number of nitrogens with zero attached hydrogens (tertiary/aromatic N) is 1. The molecule has 0 radical (unpaired) electrons. The topological polar surface area (TPSA) is 30.5 Å². The third-order valence-electron chi connectivity index (χ3n) is 8.92. The molecule has 0 rings (SSSR count). The van der Waals surface area contributed by atoms with E-state index in [2.05, 4.69) is 64.4 Å². The second-order valence-electron chi connectivity index (χ2n) is 15.0. The number of quaternary nitrogens is 1. The Morgan fingerprint density at radius 3 is 1.09 bits per heavy atom. The average Bonchev–Trinajstić information content (AvgIpc) is 3.03. The summed E-state index contributed by atoms with van der Waals surface area (Å²) >= 11 is 5.95. The fraction of sp³-hybridized carbons (Fsp3) is 0.902. The summed E-state index contributed by atoms with van der Waals surface area (Å²) in [6, 6.07) is 0. The predicted octanol–water partition coefficient (Wildman–Crippen LogP) is 13.6. The first kappa shape index (κ1) is 47.0. The van der Waals surface area contributed by atoms with Crippen molar-refractivity contribution in [3.8, 4) is 0 Å². The van der Waals surface area contributed by atoms with Crippen LogP contribution in [0.2, 0.25) is 0 Å². The highest BCUT2D eigenvalue weighted by atomic mass is 32.5. The lowest BCUT2D eigenvalue weighted by Crippen LogP contribution is -2.40. The molecule has 0 heterocycles. The van der Waals surface area contributed by atoms with Crippen molar-refractivity contribution in [3.63, 3.8) is 0 Å². The lowest BCUT2D eigenvalue weighted by Gasteiger charge is -2.27. The van der Waals surface area contributed by atoms with E-state index in [4.69, 9.17) is 20.9 Å². The highest BCUT2D eigenvalue weighted by molar-refractivity contribution is 8.08. The molecule has 0 aromatic heterocycles. The second kappa shape index (κ2) is 35.8. The normalized spacial score (nSPS) is 12.7. The van der Waals surface area contributed by atoms with E-state index in [-0.39, 0.29) is 0 Å². The molecule has 0 saturated carbocycles. The van der Waals surface area contributed by atoms with Gasteiger partial charge in [-0.2, -0.15) is 0 Å². The Hall–Kier alpha value is -0.0300. The number of rotatable bonds is 38. The van der Waals surface area contributed by atoms with Gasteiger partial charge in [0, 0.05) is 0 Å². The third kappa shape index (κ3) is 38.6. The molecule has 47 heavy (non-hydrogen) atoms. The van der Waals surface area contributed by atoms with E-state index in [1.54, 1.807) is 0 Å². The monoisotopic (exact) mass is 700 g/mol. The average molecular weight is 700 g/mol. The van der Waals surface area contributed by atoms with Gasteiger partial charge in [-0.05, 0) is 76.0 Å². The van der Waals surface area contributed by atoms with Gasteiger partial charge in [0.1, 0.15) is 0 Å². The van der Waals surface area contributed by atoms with Gasteiger partial charge in [-0.1, -0.05) is 154 Å². The molecule has 0 aliphatic rings. The Kier molecular flexibility index (Phi) is 35.8. The maximum Gasteiger partial charge on any atom is 0.261 e. The fourth-order valence-electron chi connectivity index (χ4n) is 5.72. The van der Waals surface area contributed by atoms with E-state index >= 15 is 0 Å². The molecule has 0 fully saturated rings. The lowest BCUT2D eigenvalue weighted by molar-refractivity contribution is -0.869. The lowest BCUT2D eigenvalue weighted by atomic mass is 10.1. The van der Waals surface area contributed by atoms with Crippen molar-refractivity contribution < 1.29 is 13.5 Å². The zero-order chi connectivity index (χ0) is 34.6. The molecular weight excluding hydrogens is 616 g/mol. The summed E-state index contributed by atoms with van der Waals surface area (Å²) in [6.45, 7) is 5.41. The third-order valence-corrected chi connectivity index (χ3v) is 11.6. The van der Waals surface area contributed by atoms with Gasteiger partial charge in [0.2, 0.25) is 0 Å². The predicted molar refractivity (Wildman–Crippen MR) is 216 cm³/mol. The molecule has 0 aromatic carbocycles. The quantitative estimate of drug-likeness (QED) is 0.0301. The summed E-state index contributed by atoms with van der Waals surface area (Å²) in [4.78, 5) is 0. The van der Waals surface area contributed by atoms with Gasteiger partial charge in [0.05, 0.1) is 47.4 Å². The first-order chi connectivity index (χ1) is 22.8. The van der Waals surface area contributed by atoms with Crippen molar-refractivity contribution in [1.29, 1.82) is 0 Å². The van der Waals surface area contributed by atoms with Crippen LogP contribution in [-0.2, 0) is 20.9 Å². The van der Waals surface area contributed by atoms with Crippen LogP contribution in [0.5, 0.6) is 0 Å². The van der Waals surface area contributed by atoms with Crippen molar-refractivity contribution in [3.05, 3.63) is 24.3 Å². The van der Waals surface area contributed by atoms with E-state index < -0.39 is 6.64 Å². The zero-order valence-corrected chi connectivity index (χ0v) is 34.3. The molecular formula is C41H84N2O2PS+. The Morgan fingerprint density at radius 2 is 0.766 bits per heavy atom. The van der Waals surface area contributed by atoms with Crippen molar-refractivity contribution in [1.82, 2.24) is 5.09 Å². The van der Waals surface area contributed by atoms with E-state index in [0.717, 1.165) is 30.4 Å². The number of likely N-dealkylation sites (N-methyl/N-ethyl adjacent to an activating group) is 1. The molecule has 0 aromatic rings. The minimum absolute atomic E-state index is 0.712. The van der Waals surface area contributed by atoms with Crippen LogP contribution < -0.4 is 5.09 Å². The van der Waals surface area contributed by atoms with Crippen LogP contribution in [0.25, 0.3) is 0 Å². The Bertz CT molecular complexity index is 689. The van der Waals surface area contributed by atoms with Gasteiger partial charge < -0.3 is 13.5 Å². The fourth-order valence-corrected chi connectivity index (χ4v) is 7.81. The largest absolute Gasteiger partial charge is 0.330 e. The molecule has 280 valence electrons. The molecule has 6 heteroatoms. The number of allylic oxidation sites excluding steroid dienone is 4. The van der Waals surface area contributed by atoms with E-state index in [0.29, 0.717) is 13.2 Å². The van der Waals surface area contributed by atoms with Gasteiger partial charge in [-0.15, -0.1) is 0 Å². The van der Waals surface area contributed by atoms with Crippen molar-refractivity contribution >= 4 is 18.4 Å². The summed E-state index contributed by atoms with van der Waals surface area (Å²) in [5.41, 5.74) is 0. The van der Waals surface area contributed by atoms with Gasteiger partial charge in [0.25, 0.3) is 6.64 Å². The molecule has 0 unspecified atom stereocenters. The first-order valence-electron chi connectivity index (χ1n) is 20.6. The SMILES string of the molecule is CCCCCCCC/C=C\CCCCCCCCOP(=S)(NCC[N+](C)(C)C)OCCCCCCCC/C=C\CCCCCCCC. The Labute approximate surface area is 301 Å². The van der Waals surface area contributed by atoms with Crippen LogP contribution >= 0.6 is 6.64 Å². The minimum Gasteiger partial charge on any atom is -0.330 e. The number of nitrogens with one attached hydrogen (secondary N) is 1. The molecule has 0 amide bonds. The molecule has 0 bridgehead atoms. The minimum atomic E-state index is -2.43. The van der Waals surface area contributed by atoms with Crippen molar-refractivity contribution in [2.75, 3.05) is 47.4 Å². The summed E-state index contributed by atoms with van der Waals surface area (Å²) in [7, 11) is 6.64. The first-order valence-corrected chi connectivity index (χ1v) is 23.2. The Morgan fingerprint density at radius 1 is 0.468 bits per heavy atom.